The summed E-state index contributed by atoms with van der Waals surface area (Å²) >= 11 is 0. The molecule has 1 aromatic heterocycles. The van der Waals surface area contributed by atoms with Gasteiger partial charge in [0.15, 0.2) is 5.69 Å². The Balaban J connectivity index is 1.60. The van der Waals surface area contributed by atoms with E-state index in [1.54, 1.807) is 0 Å². The first-order chi connectivity index (χ1) is 12.6. The molecule has 2 heterocycles. The summed E-state index contributed by atoms with van der Waals surface area (Å²) in [6, 6.07) is 10.8. The first-order valence-electron chi connectivity index (χ1n) is 9.33. The molecule has 26 heavy (non-hydrogen) atoms. The minimum atomic E-state index is -0.592. The highest BCUT2D eigenvalue weighted by atomic mass is 16.2. The second-order valence-corrected chi connectivity index (χ2v) is 7.56. The molecule has 2 N–H and O–H groups in total. The number of carbonyl (C=O) groups excluding carboxylic acids is 2. The second-order valence-electron chi connectivity index (χ2n) is 7.56. The number of hydrogen-bond donors (Lipinski definition) is 1. The Morgan fingerprint density at radius 1 is 1.04 bits per heavy atom. The largest absolute Gasteiger partial charge is 0.364 e. The first kappa shape index (κ1) is 16.8. The van der Waals surface area contributed by atoms with Crippen molar-refractivity contribution in [2.75, 3.05) is 13.1 Å². The lowest BCUT2D eigenvalue weighted by molar-refractivity contribution is 0.0752. The Labute approximate surface area is 153 Å². The van der Waals surface area contributed by atoms with Crippen LogP contribution in [-0.2, 0) is 0 Å². The average molecular weight is 352 g/mol. The third-order valence-corrected chi connectivity index (χ3v) is 5.82. The molecule has 2 aromatic rings. The van der Waals surface area contributed by atoms with Crippen molar-refractivity contribution in [3.8, 4) is 5.69 Å². The third-order valence-electron chi connectivity index (χ3n) is 5.82. The van der Waals surface area contributed by atoms with Crippen molar-refractivity contribution in [1.29, 1.82) is 0 Å². The van der Waals surface area contributed by atoms with Gasteiger partial charge < -0.3 is 10.6 Å². The second kappa shape index (κ2) is 6.59. The maximum atomic E-state index is 13.0. The van der Waals surface area contributed by atoms with Gasteiger partial charge in [0.05, 0.1) is 5.69 Å². The molecule has 0 radical (unpaired) electrons. The van der Waals surface area contributed by atoms with Crippen molar-refractivity contribution >= 4 is 11.8 Å². The van der Waals surface area contributed by atoms with Crippen LogP contribution in [0.4, 0.5) is 0 Å². The SMILES string of the molecule is NC(=O)c1cc(C(=O)N2CCC3(CCCCC3)C2)nn1-c1ccccc1. The molecule has 0 bridgehead atoms. The van der Waals surface area contributed by atoms with Crippen molar-refractivity contribution in [3.63, 3.8) is 0 Å². The molecule has 1 saturated heterocycles. The van der Waals surface area contributed by atoms with Crippen molar-refractivity contribution < 1.29 is 9.59 Å². The minimum Gasteiger partial charge on any atom is -0.364 e. The molecule has 0 atom stereocenters. The first-order valence-corrected chi connectivity index (χ1v) is 9.33. The molecule has 0 unspecified atom stereocenters. The predicted molar refractivity (Wildman–Crippen MR) is 98.1 cm³/mol. The number of likely N-dealkylation sites (tertiary alicyclic amines) is 1. The van der Waals surface area contributed by atoms with Gasteiger partial charge in [-0.05, 0) is 36.8 Å². The van der Waals surface area contributed by atoms with Crippen LogP contribution in [-0.4, -0.2) is 39.6 Å². The molecule has 1 aromatic carbocycles. The zero-order valence-corrected chi connectivity index (χ0v) is 14.9. The van der Waals surface area contributed by atoms with Gasteiger partial charge in [-0.25, -0.2) is 4.68 Å². The third kappa shape index (κ3) is 3.00. The maximum Gasteiger partial charge on any atom is 0.274 e. The molecule has 1 spiro atoms. The Morgan fingerprint density at radius 2 is 1.77 bits per heavy atom. The fourth-order valence-corrected chi connectivity index (χ4v) is 4.41. The number of primary amides is 1. The molecular formula is C20H24N4O2. The lowest BCUT2D eigenvalue weighted by Gasteiger charge is -2.33. The summed E-state index contributed by atoms with van der Waals surface area (Å²) in [5, 5.41) is 4.40. The van der Waals surface area contributed by atoms with E-state index in [1.165, 1.54) is 42.9 Å². The zero-order valence-electron chi connectivity index (χ0n) is 14.9. The van der Waals surface area contributed by atoms with Crippen molar-refractivity contribution in [3.05, 3.63) is 47.8 Å². The summed E-state index contributed by atoms with van der Waals surface area (Å²) in [5.74, 6) is -0.699. The van der Waals surface area contributed by atoms with E-state index < -0.39 is 5.91 Å². The number of hydrogen-bond acceptors (Lipinski definition) is 3. The van der Waals surface area contributed by atoms with Crippen LogP contribution >= 0.6 is 0 Å². The van der Waals surface area contributed by atoms with E-state index in [0.717, 1.165) is 19.5 Å². The van der Waals surface area contributed by atoms with Crippen molar-refractivity contribution in [2.45, 2.75) is 38.5 Å². The van der Waals surface area contributed by atoms with Crippen LogP contribution in [0, 0.1) is 5.41 Å². The van der Waals surface area contributed by atoms with Crippen molar-refractivity contribution in [1.82, 2.24) is 14.7 Å². The number of carbonyl (C=O) groups is 2. The fraction of sp³-hybridized carbons (Fsp3) is 0.450. The molecule has 1 aliphatic heterocycles. The summed E-state index contributed by atoms with van der Waals surface area (Å²) in [5.41, 5.74) is 7.03. The summed E-state index contributed by atoms with van der Waals surface area (Å²) < 4.78 is 1.46. The summed E-state index contributed by atoms with van der Waals surface area (Å²) in [6.45, 7) is 1.57. The molecule has 1 aliphatic carbocycles. The van der Waals surface area contributed by atoms with Crippen LogP contribution in [0.2, 0.25) is 0 Å². The number of nitrogens with zero attached hydrogens (tertiary/aromatic N) is 3. The molecule has 2 amide bonds. The molecule has 6 nitrogen and oxygen atoms in total. The summed E-state index contributed by atoms with van der Waals surface area (Å²) in [6.07, 6.45) is 7.32. The molecule has 4 rings (SSSR count). The number of amides is 2. The lowest BCUT2D eigenvalue weighted by Crippen LogP contribution is -2.33. The van der Waals surface area contributed by atoms with Crippen LogP contribution < -0.4 is 5.73 Å². The number of nitrogens with two attached hydrogens (primary N) is 1. The van der Waals surface area contributed by atoms with Crippen LogP contribution in [0.3, 0.4) is 0 Å². The monoisotopic (exact) mass is 352 g/mol. The summed E-state index contributed by atoms with van der Waals surface area (Å²) in [4.78, 5) is 26.7. The van der Waals surface area contributed by atoms with E-state index in [0.29, 0.717) is 11.1 Å². The number of rotatable bonds is 3. The summed E-state index contributed by atoms with van der Waals surface area (Å²) in [7, 11) is 0. The molecule has 136 valence electrons. The fourth-order valence-electron chi connectivity index (χ4n) is 4.41. The van der Waals surface area contributed by atoms with E-state index in [4.69, 9.17) is 5.73 Å². The molecule has 6 heteroatoms. The van der Waals surface area contributed by atoms with Gasteiger partial charge in [-0.1, -0.05) is 37.5 Å². The molecule has 2 fully saturated rings. The average Bonchev–Trinajstić information content (AvgIpc) is 3.28. The van der Waals surface area contributed by atoms with E-state index >= 15 is 0 Å². The van der Waals surface area contributed by atoms with E-state index in [2.05, 4.69) is 5.10 Å². The topological polar surface area (TPSA) is 81.2 Å². The molecule has 2 aliphatic rings. The quantitative estimate of drug-likeness (QED) is 0.922. The molecule has 1 saturated carbocycles. The number of para-hydroxylation sites is 1. The highest BCUT2D eigenvalue weighted by Gasteiger charge is 2.41. The van der Waals surface area contributed by atoms with E-state index in [-0.39, 0.29) is 17.3 Å². The van der Waals surface area contributed by atoms with Gasteiger partial charge in [0.25, 0.3) is 11.8 Å². The van der Waals surface area contributed by atoms with Crippen LogP contribution in [0.1, 0.15) is 59.5 Å². The number of aromatic nitrogens is 2. The minimum absolute atomic E-state index is 0.107. The standard InChI is InChI=1S/C20H24N4O2/c21-18(25)17-13-16(22-24(17)15-7-3-1-4-8-15)19(26)23-12-11-20(14-23)9-5-2-6-10-20/h1,3-4,7-8,13H,2,5-6,9-12,14H2,(H2,21,25). The predicted octanol–water partition coefficient (Wildman–Crippen LogP) is 2.77. The van der Waals surface area contributed by atoms with Gasteiger partial charge in [-0.2, -0.15) is 5.10 Å². The number of benzene rings is 1. The van der Waals surface area contributed by atoms with Gasteiger partial charge in [0.1, 0.15) is 5.69 Å². The van der Waals surface area contributed by atoms with Gasteiger partial charge in [0.2, 0.25) is 0 Å². The normalized spacial score (nSPS) is 19.0. The van der Waals surface area contributed by atoms with E-state index in [1.807, 2.05) is 35.2 Å². The lowest BCUT2D eigenvalue weighted by atomic mass is 9.73. The van der Waals surface area contributed by atoms with Crippen LogP contribution in [0.15, 0.2) is 36.4 Å². The Bertz CT molecular complexity index is 822. The Kier molecular flexibility index (Phi) is 4.26. The van der Waals surface area contributed by atoms with Gasteiger partial charge >= 0.3 is 0 Å². The highest BCUT2D eigenvalue weighted by molar-refractivity contribution is 5.97. The smallest absolute Gasteiger partial charge is 0.274 e. The maximum absolute atomic E-state index is 13.0. The van der Waals surface area contributed by atoms with Crippen LogP contribution in [0.5, 0.6) is 0 Å². The Morgan fingerprint density at radius 3 is 2.46 bits per heavy atom. The van der Waals surface area contributed by atoms with Crippen molar-refractivity contribution in [2.24, 2.45) is 11.1 Å². The Hall–Kier alpha value is -2.63. The molecular weight excluding hydrogens is 328 g/mol. The zero-order chi connectivity index (χ0) is 18.1. The van der Waals surface area contributed by atoms with Crippen LogP contribution in [0.25, 0.3) is 5.69 Å². The van der Waals surface area contributed by atoms with Gasteiger partial charge in [0, 0.05) is 19.2 Å². The highest BCUT2D eigenvalue weighted by Crippen LogP contribution is 2.43. The van der Waals surface area contributed by atoms with Gasteiger partial charge in [-0.15, -0.1) is 0 Å². The van der Waals surface area contributed by atoms with E-state index in [9.17, 15) is 9.59 Å². The van der Waals surface area contributed by atoms with Gasteiger partial charge in [-0.3, -0.25) is 9.59 Å².